The molecule has 0 amide bonds. The summed E-state index contributed by atoms with van der Waals surface area (Å²) in [5, 5.41) is 11.0. The first-order chi connectivity index (χ1) is 19.0. The maximum Gasteiger partial charge on any atom is 0.162 e. The second-order valence-electron chi connectivity index (χ2n) is 11.3. The van der Waals surface area contributed by atoms with Crippen LogP contribution in [0, 0.1) is 30.6 Å². The first-order valence-corrected chi connectivity index (χ1v) is 14.4. The third-order valence-electron chi connectivity index (χ3n) is 7.68. The fourth-order valence-electron chi connectivity index (χ4n) is 5.86. The van der Waals surface area contributed by atoms with Gasteiger partial charge in [0.05, 0.1) is 22.6 Å². The number of benzene rings is 3. The number of carbonyl (C=O) groups is 1. The summed E-state index contributed by atoms with van der Waals surface area (Å²) in [4.78, 5) is 15.9. The van der Waals surface area contributed by atoms with Crippen molar-refractivity contribution in [1.29, 1.82) is 5.26 Å². The van der Waals surface area contributed by atoms with Crippen LogP contribution in [0.25, 0.3) is 0 Å². The topological polar surface area (TPSA) is 79.3 Å². The van der Waals surface area contributed by atoms with E-state index in [0.29, 0.717) is 47.2 Å². The Labute approximate surface area is 249 Å². The lowest BCUT2D eigenvalue weighted by Gasteiger charge is -2.44. The summed E-state index contributed by atoms with van der Waals surface area (Å²) in [6.07, 6.45) is 1.06. The van der Waals surface area contributed by atoms with Crippen molar-refractivity contribution in [2.75, 3.05) is 4.90 Å². The van der Waals surface area contributed by atoms with Crippen molar-refractivity contribution < 1.29 is 9.53 Å². The average molecular weight is 617 g/mol. The van der Waals surface area contributed by atoms with Gasteiger partial charge in [0.2, 0.25) is 0 Å². The number of nitrogens with two attached hydrogens (primary N) is 1. The van der Waals surface area contributed by atoms with Gasteiger partial charge in [0.1, 0.15) is 18.2 Å². The zero-order chi connectivity index (χ0) is 28.8. The Morgan fingerprint density at radius 3 is 2.58 bits per heavy atom. The van der Waals surface area contributed by atoms with E-state index in [0.717, 1.165) is 38.1 Å². The molecule has 0 fully saturated rings. The van der Waals surface area contributed by atoms with Crippen LogP contribution in [0.15, 0.2) is 87.8 Å². The number of allylic oxidation sites excluding steroid dienone is 3. The molecular weight excluding hydrogens is 586 g/mol. The molecular formula is C33H31BrClN3O2. The van der Waals surface area contributed by atoms with E-state index in [9.17, 15) is 10.1 Å². The predicted octanol–water partition coefficient (Wildman–Crippen LogP) is 8.24. The van der Waals surface area contributed by atoms with Crippen LogP contribution in [0.2, 0.25) is 5.02 Å². The lowest BCUT2D eigenvalue weighted by Crippen LogP contribution is -2.42. The van der Waals surface area contributed by atoms with Crippen molar-refractivity contribution >= 4 is 39.0 Å². The molecule has 0 aromatic heterocycles. The predicted molar refractivity (Wildman–Crippen MR) is 163 cm³/mol. The van der Waals surface area contributed by atoms with E-state index >= 15 is 0 Å². The van der Waals surface area contributed by atoms with E-state index < -0.39 is 5.92 Å². The Morgan fingerprint density at radius 2 is 1.88 bits per heavy atom. The van der Waals surface area contributed by atoms with Gasteiger partial charge >= 0.3 is 0 Å². The summed E-state index contributed by atoms with van der Waals surface area (Å²) in [5.74, 6) is 0.437. The molecule has 5 nitrogen and oxygen atoms in total. The van der Waals surface area contributed by atoms with Crippen LogP contribution in [0.3, 0.4) is 0 Å². The molecule has 0 radical (unpaired) electrons. The number of rotatable bonds is 5. The fourth-order valence-corrected chi connectivity index (χ4v) is 6.44. The van der Waals surface area contributed by atoms with E-state index in [4.69, 9.17) is 22.1 Å². The molecule has 1 unspecified atom stereocenters. The molecule has 2 N–H and O–H groups in total. The minimum atomic E-state index is -0.564. The Kier molecular flexibility index (Phi) is 7.56. The summed E-state index contributed by atoms with van der Waals surface area (Å²) < 4.78 is 6.98. The SMILES string of the molecule is Cc1cc(COc2ccccc2Cl)c(C)c(C2C(C#N)=C(N)N(c3cccc(Br)c3)C3=C2C(=O)CC(C)(C)C3)c1. The summed E-state index contributed by atoms with van der Waals surface area (Å²) in [6, 6.07) is 21.7. The molecule has 0 spiro atoms. The second-order valence-corrected chi connectivity index (χ2v) is 12.6. The quantitative estimate of drug-likeness (QED) is 0.312. The summed E-state index contributed by atoms with van der Waals surface area (Å²) in [6.45, 7) is 8.53. The van der Waals surface area contributed by atoms with Crippen LogP contribution in [0.1, 0.15) is 54.9 Å². The molecule has 1 heterocycles. The monoisotopic (exact) mass is 615 g/mol. The van der Waals surface area contributed by atoms with Gasteiger partial charge in [-0.15, -0.1) is 0 Å². The molecule has 1 aliphatic carbocycles. The maximum absolute atomic E-state index is 14.0. The van der Waals surface area contributed by atoms with Crippen molar-refractivity contribution in [1.82, 2.24) is 0 Å². The van der Waals surface area contributed by atoms with E-state index in [1.165, 1.54) is 0 Å². The van der Waals surface area contributed by atoms with Gasteiger partial charge in [0, 0.05) is 27.9 Å². The molecule has 204 valence electrons. The van der Waals surface area contributed by atoms with Crippen molar-refractivity contribution in [3.63, 3.8) is 0 Å². The first-order valence-electron chi connectivity index (χ1n) is 13.2. The number of aryl methyl sites for hydroxylation is 1. The minimum Gasteiger partial charge on any atom is -0.487 e. The normalized spacial score (nSPS) is 18.5. The van der Waals surface area contributed by atoms with Gasteiger partial charge in [-0.05, 0) is 72.7 Å². The minimum absolute atomic E-state index is 0.0475. The van der Waals surface area contributed by atoms with Crippen LogP contribution in [-0.2, 0) is 11.4 Å². The van der Waals surface area contributed by atoms with Gasteiger partial charge in [-0.2, -0.15) is 5.26 Å². The summed E-state index contributed by atoms with van der Waals surface area (Å²) in [5.41, 5.74) is 13.1. The zero-order valence-electron chi connectivity index (χ0n) is 23.0. The number of hydrogen-bond acceptors (Lipinski definition) is 5. The van der Waals surface area contributed by atoms with E-state index in [1.54, 1.807) is 6.07 Å². The van der Waals surface area contributed by atoms with Gasteiger partial charge in [0.25, 0.3) is 0 Å². The third kappa shape index (κ3) is 5.16. The number of nitrogens with zero attached hydrogens (tertiary/aromatic N) is 2. The number of nitriles is 1. The van der Waals surface area contributed by atoms with E-state index in [-0.39, 0.29) is 11.2 Å². The van der Waals surface area contributed by atoms with Gasteiger partial charge in [0.15, 0.2) is 5.78 Å². The van der Waals surface area contributed by atoms with Crippen molar-refractivity contribution in [3.8, 4) is 11.8 Å². The molecule has 2 aliphatic rings. The smallest absolute Gasteiger partial charge is 0.162 e. The molecule has 7 heteroatoms. The molecule has 1 atom stereocenters. The summed E-state index contributed by atoms with van der Waals surface area (Å²) >= 11 is 9.89. The number of halogens is 2. The standard InChI is InChI=1S/C33H31BrClN3O2/c1-19-12-21(18-40-29-11-6-5-10-26(29)35)20(2)24(13-19)30-25(17-36)32(37)38(23-9-7-8-22(34)14-23)27-15-33(3,4)16-28(39)31(27)30/h5-14,30H,15-16,18,37H2,1-4H3. The molecule has 1 aliphatic heterocycles. The maximum atomic E-state index is 14.0. The van der Waals surface area contributed by atoms with Gasteiger partial charge < -0.3 is 10.5 Å². The Bertz CT molecular complexity index is 1630. The number of ether oxygens (including phenoxy) is 1. The third-order valence-corrected chi connectivity index (χ3v) is 8.48. The molecule has 40 heavy (non-hydrogen) atoms. The highest BCUT2D eigenvalue weighted by atomic mass is 79.9. The molecule has 0 saturated heterocycles. The second kappa shape index (κ2) is 10.8. The van der Waals surface area contributed by atoms with Gasteiger partial charge in [-0.25, -0.2) is 0 Å². The Hall–Kier alpha value is -3.53. The van der Waals surface area contributed by atoms with Crippen LogP contribution >= 0.6 is 27.5 Å². The molecule has 0 saturated carbocycles. The van der Waals surface area contributed by atoms with Crippen LogP contribution in [-0.4, -0.2) is 5.78 Å². The fraction of sp³-hybridized carbons (Fsp3) is 0.273. The lowest BCUT2D eigenvalue weighted by atomic mass is 9.68. The average Bonchev–Trinajstić information content (AvgIpc) is 2.88. The zero-order valence-corrected chi connectivity index (χ0v) is 25.4. The van der Waals surface area contributed by atoms with Gasteiger partial charge in [-0.1, -0.05) is 77.3 Å². The van der Waals surface area contributed by atoms with Crippen LogP contribution < -0.4 is 15.4 Å². The lowest BCUT2D eigenvalue weighted by molar-refractivity contribution is -0.118. The molecule has 3 aromatic rings. The highest BCUT2D eigenvalue weighted by molar-refractivity contribution is 9.10. The highest BCUT2D eigenvalue weighted by Crippen LogP contribution is 2.51. The Morgan fingerprint density at radius 1 is 1.12 bits per heavy atom. The molecule has 0 bridgehead atoms. The number of hydrogen-bond donors (Lipinski definition) is 1. The van der Waals surface area contributed by atoms with Crippen molar-refractivity contribution in [3.05, 3.63) is 115 Å². The largest absolute Gasteiger partial charge is 0.487 e. The van der Waals surface area contributed by atoms with Crippen molar-refractivity contribution in [2.24, 2.45) is 11.1 Å². The van der Waals surface area contributed by atoms with Gasteiger partial charge in [-0.3, -0.25) is 9.69 Å². The highest BCUT2D eigenvalue weighted by Gasteiger charge is 2.45. The number of anilines is 1. The molecule has 3 aromatic carbocycles. The number of ketones is 1. The Balaban J connectivity index is 1.68. The number of carbonyl (C=O) groups excluding carboxylic acids is 1. The van der Waals surface area contributed by atoms with Crippen LogP contribution in [0.5, 0.6) is 5.75 Å². The van der Waals surface area contributed by atoms with Crippen molar-refractivity contribution in [2.45, 2.75) is 53.1 Å². The number of Topliss-reactive ketones (excluding diaryl/α,β-unsaturated/α-hetero) is 1. The van der Waals surface area contributed by atoms with E-state index in [2.05, 4.69) is 48.0 Å². The van der Waals surface area contributed by atoms with E-state index in [1.807, 2.05) is 61.2 Å². The van der Waals surface area contributed by atoms with Crippen LogP contribution in [0.4, 0.5) is 5.69 Å². The molecule has 5 rings (SSSR count). The first kappa shape index (κ1) is 28.0. The summed E-state index contributed by atoms with van der Waals surface area (Å²) in [7, 11) is 0. The number of para-hydroxylation sites is 1.